The lowest BCUT2D eigenvalue weighted by Crippen LogP contribution is -2.40. The lowest BCUT2D eigenvalue weighted by atomic mass is 10.2. The van der Waals surface area contributed by atoms with Crippen LogP contribution in [0.25, 0.3) is 0 Å². The summed E-state index contributed by atoms with van der Waals surface area (Å²) in [6.07, 6.45) is 1.10. The highest BCUT2D eigenvalue weighted by Gasteiger charge is 2.26. The molecule has 0 aliphatic rings. The molecule has 0 radical (unpaired) electrons. The Morgan fingerprint density at radius 2 is 2.15 bits per heavy atom. The number of nitriles is 1. The molecule has 0 bridgehead atoms. The van der Waals surface area contributed by atoms with Gasteiger partial charge in [-0.2, -0.15) is 9.57 Å². The summed E-state index contributed by atoms with van der Waals surface area (Å²) in [5.74, 6) is -0.689. The number of aromatic nitrogens is 1. The van der Waals surface area contributed by atoms with Crippen LogP contribution in [0.15, 0.2) is 23.2 Å². The first-order valence-electron chi connectivity index (χ1n) is 5.92. The summed E-state index contributed by atoms with van der Waals surface area (Å²) in [5.41, 5.74) is 5.21. The van der Waals surface area contributed by atoms with Crippen molar-refractivity contribution in [2.75, 3.05) is 13.1 Å². The molecule has 20 heavy (non-hydrogen) atoms. The largest absolute Gasteiger partial charge is 0.369 e. The highest BCUT2D eigenvalue weighted by atomic mass is 32.2. The molecular weight excluding hydrogens is 280 g/mol. The molecule has 0 aromatic carbocycles. The smallest absolute Gasteiger partial charge is 0.245 e. The quantitative estimate of drug-likeness (QED) is 0.798. The van der Waals surface area contributed by atoms with Gasteiger partial charge in [0.05, 0.1) is 6.54 Å². The topological polar surface area (TPSA) is 117 Å². The first-order chi connectivity index (χ1) is 9.27. The summed E-state index contributed by atoms with van der Waals surface area (Å²) in [7, 11) is -3.86. The molecular formula is C12H16N4O3S. The second-order valence-electron chi connectivity index (χ2n) is 4.65. The monoisotopic (exact) mass is 296 g/mol. The van der Waals surface area contributed by atoms with Gasteiger partial charge in [-0.25, -0.2) is 13.4 Å². The van der Waals surface area contributed by atoms with Gasteiger partial charge >= 0.3 is 0 Å². The van der Waals surface area contributed by atoms with Gasteiger partial charge in [-0.05, 0) is 18.1 Å². The van der Waals surface area contributed by atoms with Crippen LogP contribution in [0.3, 0.4) is 0 Å². The Labute approximate surface area is 118 Å². The van der Waals surface area contributed by atoms with E-state index in [1.165, 1.54) is 12.1 Å². The number of amides is 1. The molecule has 0 aliphatic heterocycles. The van der Waals surface area contributed by atoms with E-state index in [0.29, 0.717) is 0 Å². The van der Waals surface area contributed by atoms with Gasteiger partial charge in [0, 0.05) is 12.7 Å². The number of carbonyl (C=O) groups excluding carboxylic acids is 1. The van der Waals surface area contributed by atoms with Crippen LogP contribution in [0.1, 0.15) is 19.5 Å². The van der Waals surface area contributed by atoms with Gasteiger partial charge in [-0.15, -0.1) is 0 Å². The van der Waals surface area contributed by atoms with Crippen LogP contribution in [0.2, 0.25) is 0 Å². The zero-order valence-corrected chi connectivity index (χ0v) is 12.1. The molecule has 1 aromatic heterocycles. The maximum Gasteiger partial charge on any atom is 0.245 e. The number of primary amides is 1. The second-order valence-corrected chi connectivity index (χ2v) is 6.59. The zero-order chi connectivity index (χ0) is 15.3. The average molecular weight is 296 g/mol. The maximum absolute atomic E-state index is 12.4. The summed E-state index contributed by atoms with van der Waals surface area (Å²) < 4.78 is 25.8. The number of nitrogens with two attached hydrogens (primary N) is 1. The molecule has 8 heteroatoms. The third-order valence-corrected chi connectivity index (χ3v) is 4.18. The summed E-state index contributed by atoms with van der Waals surface area (Å²) in [5, 5.41) is 8.64. The van der Waals surface area contributed by atoms with Gasteiger partial charge in [0.25, 0.3) is 0 Å². The maximum atomic E-state index is 12.4. The molecule has 0 atom stereocenters. The normalized spacial score (nSPS) is 11.6. The lowest BCUT2D eigenvalue weighted by molar-refractivity contribution is -0.118. The van der Waals surface area contributed by atoms with Gasteiger partial charge < -0.3 is 5.73 Å². The summed E-state index contributed by atoms with van der Waals surface area (Å²) >= 11 is 0. The minimum absolute atomic E-state index is 0.0375. The van der Waals surface area contributed by atoms with E-state index >= 15 is 0 Å². The number of hydrogen-bond donors (Lipinski definition) is 1. The predicted octanol–water partition coefficient (Wildman–Crippen LogP) is 0.0853. The molecule has 1 rings (SSSR count). The minimum Gasteiger partial charge on any atom is -0.369 e. The molecule has 0 aliphatic carbocycles. The lowest BCUT2D eigenvalue weighted by Gasteiger charge is -2.22. The van der Waals surface area contributed by atoms with Crippen molar-refractivity contribution in [3.05, 3.63) is 24.0 Å². The van der Waals surface area contributed by atoms with Crippen molar-refractivity contribution in [2.45, 2.75) is 18.7 Å². The minimum atomic E-state index is -3.86. The Balaban J connectivity index is 3.14. The van der Waals surface area contributed by atoms with Crippen LogP contribution in [-0.2, 0) is 14.8 Å². The molecule has 7 nitrogen and oxygen atoms in total. The van der Waals surface area contributed by atoms with Gasteiger partial charge in [-0.3, -0.25) is 4.79 Å². The van der Waals surface area contributed by atoms with Crippen molar-refractivity contribution in [3.8, 4) is 6.07 Å². The first-order valence-corrected chi connectivity index (χ1v) is 7.36. The molecule has 1 aromatic rings. The van der Waals surface area contributed by atoms with Crippen LogP contribution >= 0.6 is 0 Å². The SMILES string of the molecule is CC(C)CN(CC(N)=O)S(=O)(=O)c1ccc(C#N)nc1. The highest BCUT2D eigenvalue weighted by Crippen LogP contribution is 2.16. The number of hydrogen-bond acceptors (Lipinski definition) is 5. The second kappa shape index (κ2) is 6.45. The Morgan fingerprint density at radius 3 is 2.55 bits per heavy atom. The van der Waals surface area contributed by atoms with Crippen LogP contribution in [0.5, 0.6) is 0 Å². The summed E-state index contributed by atoms with van der Waals surface area (Å²) in [4.78, 5) is 14.7. The molecule has 0 saturated carbocycles. The van der Waals surface area contributed by atoms with E-state index < -0.39 is 15.9 Å². The predicted molar refractivity (Wildman–Crippen MR) is 71.7 cm³/mol. The average Bonchev–Trinajstić information content (AvgIpc) is 2.37. The van der Waals surface area contributed by atoms with Crippen LogP contribution in [0.4, 0.5) is 0 Å². The molecule has 108 valence electrons. The van der Waals surface area contributed by atoms with Gasteiger partial charge in [0.15, 0.2) is 0 Å². The third kappa shape index (κ3) is 4.01. The fraction of sp³-hybridized carbons (Fsp3) is 0.417. The fourth-order valence-electron chi connectivity index (χ4n) is 1.58. The summed E-state index contributed by atoms with van der Waals surface area (Å²) in [6.45, 7) is 3.45. The number of sulfonamides is 1. The Morgan fingerprint density at radius 1 is 1.50 bits per heavy atom. The Bertz CT molecular complexity index is 617. The number of carbonyl (C=O) groups is 1. The molecule has 0 fully saturated rings. The number of nitrogens with zero attached hydrogens (tertiary/aromatic N) is 3. The first kappa shape index (κ1) is 16.1. The van der Waals surface area contributed by atoms with Gasteiger partial charge in [0.1, 0.15) is 16.7 Å². The third-order valence-electron chi connectivity index (χ3n) is 2.39. The van der Waals surface area contributed by atoms with Crippen LogP contribution in [0, 0.1) is 17.2 Å². The number of pyridine rings is 1. The van der Waals surface area contributed by atoms with E-state index in [1.54, 1.807) is 6.07 Å². The van der Waals surface area contributed by atoms with Crippen molar-refractivity contribution >= 4 is 15.9 Å². The van der Waals surface area contributed by atoms with Crippen molar-refractivity contribution in [1.29, 1.82) is 5.26 Å². The molecule has 0 spiro atoms. The summed E-state index contributed by atoms with van der Waals surface area (Å²) in [6, 6.07) is 4.40. The van der Waals surface area contributed by atoms with E-state index in [9.17, 15) is 13.2 Å². The number of rotatable bonds is 6. The van der Waals surface area contributed by atoms with E-state index in [-0.39, 0.29) is 29.6 Å². The Kier molecular flexibility index (Phi) is 5.19. The van der Waals surface area contributed by atoms with Crippen molar-refractivity contribution < 1.29 is 13.2 Å². The molecule has 2 N–H and O–H groups in total. The van der Waals surface area contributed by atoms with Crippen LogP contribution < -0.4 is 5.73 Å². The van der Waals surface area contributed by atoms with Crippen molar-refractivity contribution in [2.24, 2.45) is 11.7 Å². The fourth-order valence-corrected chi connectivity index (χ4v) is 3.09. The van der Waals surface area contributed by atoms with Gasteiger partial charge in [0.2, 0.25) is 15.9 Å². The standard InChI is InChI=1S/C12H16N4O3S/c1-9(2)7-16(8-12(14)17)20(18,19)11-4-3-10(5-13)15-6-11/h3-4,6,9H,7-8H2,1-2H3,(H2,14,17). The van der Waals surface area contributed by atoms with Crippen LogP contribution in [-0.4, -0.2) is 36.7 Å². The molecule has 0 unspecified atom stereocenters. The molecule has 1 heterocycles. The van der Waals surface area contributed by atoms with E-state index in [0.717, 1.165) is 10.5 Å². The van der Waals surface area contributed by atoms with E-state index in [1.807, 2.05) is 13.8 Å². The zero-order valence-electron chi connectivity index (χ0n) is 11.3. The van der Waals surface area contributed by atoms with Crippen molar-refractivity contribution in [3.63, 3.8) is 0 Å². The van der Waals surface area contributed by atoms with E-state index in [4.69, 9.17) is 11.0 Å². The van der Waals surface area contributed by atoms with Crippen molar-refractivity contribution in [1.82, 2.24) is 9.29 Å². The molecule has 0 saturated heterocycles. The highest BCUT2D eigenvalue weighted by molar-refractivity contribution is 7.89. The molecule has 1 amide bonds. The van der Waals surface area contributed by atoms with Gasteiger partial charge in [-0.1, -0.05) is 13.8 Å². The van der Waals surface area contributed by atoms with E-state index in [2.05, 4.69) is 4.98 Å². The Hall–Kier alpha value is -1.98.